The molecular weight excluding hydrogens is 116 g/mol. The first kappa shape index (κ1) is 8.66. The summed E-state index contributed by atoms with van der Waals surface area (Å²) < 4.78 is 10.1. The molecule has 0 aromatic carbocycles. The van der Waals surface area contributed by atoms with Crippen LogP contribution in [0.5, 0.6) is 0 Å². The van der Waals surface area contributed by atoms with Crippen molar-refractivity contribution in [1.82, 2.24) is 0 Å². The van der Waals surface area contributed by atoms with Gasteiger partial charge in [-0.25, -0.2) is 0 Å². The molecule has 0 spiro atoms. The van der Waals surface area contributed by atoms with Gasteiger partial charge in [0.25, 0.3) is 0 Å². The highest BCUT2D eigenvalue weighted by Crippen LogP contribution is 2.18. The minimum absolute atomic E-state index is 0.611. The fraction of sp³-hybridized carbons (Fsp3) is 0.714. The zero-order chi connectivity index (χ0) is 7.49. The molecule has 9 heavy (non-hydrogen) atoms. The molecule has 0 fully saturated rings. The van der Waals surface area contributed by atoms with Gasteiger partial charge in [0.2, 0.25) is 0 Å². The number of hydrogen-bond donors (Lipinski definition) is 0. The van der Waals surface area contributed by atoms with Crippen LogP contribution in [0.15, 0.2) is 12.2 Å². The van der Waals surface area contributed by atoms with Gasteiger partial charge in [-0.05, 0) is 19.4 Å². The third-order valence-electron chi connectivity index (χ3n) is 1.55. The monoisotopic (exact) mass is 130 g/mol. The molecule has 54 valence electrons. The molecule has 0 aliphatic carbocycles. The van der Waals surface area contributed by atoms with Gasteiger partial charge in [0.05, 0.1) is 0 Å². The molecule has 0 radical (unpaired) electrons. The number of hydrogen-bond acceptors (Lipinski definition) is 2. The van der Waals surface area contributed by atoms with E-state index < -0.39 is 5.79 Å². The van der Waals surface area contributed by atoms with E-state index >= 15 is 0 Å². The fourth-order valence-corrected chi connectivity index (χ4v) is 0.432. The van der Waals surface area contributed by atoms with Gasteiger partial charge in [0.15, 0.2) is 5.79 Å². The molecule has 2 heteroatoms. The lowest BCUT2D eigenvalue weighted by atomic mass is 10.2. The number of ether oxygens (including phenoxy) is 2. The predicted octanol–water partition coefficient (Wildman–Crippen LogP) is 1.57. The summed E-state index contributed by atoms with van der Waals surface area (Å²) in [6.07, 6.45) is 0. The van der Waals surface area contributed by atoms with Crippen LogP contribution in [0.1, 0.15) is 13.8 Å². The molecule has 0 amide bonds. The molecule has 0 aliphatic heterocycles. The van der Waals surface area contributed by atoms with Crippen LogP contribution < -0.4 is 0 Å². The van der Waals surface area contributed by atoms with Crippen molar-refractivity contribution in [3.63, 3.8) is 0 Å². The Hall–Kier alpha value is -0.340. The summed E-state index contributed by atoms with van der Waals surface area (Å²) in [5.41, 5.74) is 0.868. The molecule has 0 unspecified atom stereocenters. The van der Waals surface area contributed by atoms with Crippen molar-refractivity contribution < 1.29 is 9.47 Å². The van der Waals surface area contributed by atoms with Crippen molar-refractivity contribution in [1.29, 1.82) is 0 Å². The normalized spacial score (nSPS) is 11.6. The zero-order valence-electron chi connectivity index (χ0n) is 6.52. The zero-order valence-corrected chi connectivity index (χ0v) is 6.52. The first-order chi connectivity index (χ1) is 4.06. The van der Waals surface area contributed by atoms with E-state index in [1.807, 2.05) is 13.8 Å². The summed E-state index contributed by atoms with van der Waals surface area (Å²) in [5, 5.41) is 0. The minimum atomic E-state index is -0.611. The molecule has 0 aromatic rings. The summed E-state index contributed by atoms with van der Waals surface area (Å²) in [7, 11) is 3.19. The van der Waals surface area contributed by atoms with Gasteiger partial charge in [-0.2, -0.15) is 0 Å². The summed E-state index contributed by atoms with van der Waals surface area (Å²) in [6, 6.07) is 0. The summed E-state index contributed by atoms with van der Waals surface area (Å²) in [4.78, 5) is 0. The van der Waals surface area contributed by atoms with Gasteiger partial charge < -0.3 is 9.47 Å². The average Bonchev–Trinajstić information content (AvgIpc) is 1.86. The second-order valence-corrected chi connectivity index (χ2v) is 2.13. The Balaban J connectivity index is 4.09. The molecule has 0 aromatic heterocycles. The Labute approximate surface area is 56.5 Å². The molecule has 0 rings (SSSR count). The Morgan fingerprint density at radius 3 is 1.67 bits per heavy atom. The summed E-state index contributed by atoms with van der Waals surface area (Å²) in [5.74, 6) is -0.611. The Morgan fingerprint density at radius 2 is 1.67 bits per heavy atom. The van der Waals surface area contributed by atoms with Crippen LogP contribution in [0.2, 0.25) is 0 Å². The number of methoxy groups -OCH3 is 2. The third-order valence-corrected chi connectivity index (χ3v) is 1.55. The highest BCUT2D eigenvalue weighted by molar-refractivity contribution is 5.01. The highest BCUT2D eigenvalue weighted by atomic mass is 16.7. The van der Waals surface area contributed by atoms with Crippen LogP contribution >= 0.6 is 0 Å². The maximum absolute atomic E-state index is 5.03. The second kappa shape index (κ2) is 2.99. The first-order valence-electron chi connectivity index (χ1n) is 2.83. The van der Waals surface area contributed by atoms with Crippen molar-refractivity contribution in [3.05, 3.63) is 12.2 Å². The quantitative estimate of drug-likeness (QED) is 0.426. The van der Waals surface area contributed by atoms with Crippen LogP contribution in [-0.2, 0) is 9.47 Å². The van der Waals surface area contributed by atoms with Gasteiger partial charge in [0.1, 0.15) is 0 Å². The highest BCUT2D eigenvalue weighted by Gasteiger charge is 2.22. The van der Waals surface area contributed by atoms with E-state index in [2.05, 4.69) is 6.58 Å². The summed E-state index contributed by atoms with van der Waals surface area (Å²) >= 11 is 0. The largest absolute Gasteiger partial charge is 0.350 e. The predicted molar refractivity (Wildman–Crippen MR) is 37.2 cm³/mol. The van der Waals surface area contributed by atoms with Crippen LogP contribution in [0.25, 0.3) is 0 Å². The Morgan fingerprint density at radius 1 is 1.33 bits per heavy atom. The average molecular weight is 130 g/mol. The van der Waals surface area contributed by atoms with Crippen molar-refractivity contribution >= 4 is 0 Å². The van der Waals surface area contributed by atoms with Crippen LogP contribution in [0.3, 0.4) is 0 Å². The standard InChI is InChI=1S/C7H14O2/c1-6(2)7(3,8-4)9-5/h1H2,2-5H3. The van der Waals surface area contributed by atoms with E-state index in [1.165, 1.54) is 0 Å². The molecule has 0 aliphatic rings. The van der Waals surface area contributed by atoms with Crippen molar-refractivity contribution in [2.75, 3.05) is 14.2 Å². The maximum Gasteiger partial charge on any atom is 0.186 e. The molecule has 0 heterocycles. The third kappa shape index (κ3) is 1.80. The second-order valence-electron chi connectivity index (χ2n) is 2.13. The molecule has 0 bridgehead atoms. The summed E-state index contributed by atoms with van der Waals surface area (Å²) in [6.45, 7) is 7.42. The van der Waals surface area contributed by atoms with E-state index in [4.69, 9.17) is 9.47 Å². The molecule has 0 saturated heterocycles. The van der Waals surface area contributed by atoms with Gasteiger partial charge >= 0.3 is 0 Å². The Kier molecular flexibility index (Phi) is 2.88. The molecular formula is C7H14O2. The van der Waals surface area contributed by atoms with E-state index in [9.17, 15) is 0 Å². The Bertz CT molecular complexity index is 103. The van der Waals surface area contributed by atoms with E-state index in [0.717, 1.165) is 5.57 Å². The maximum atomic E-state index is 5.03. The van der Waals surface area contributed by atoms with Crippen molar-refractivity contribution in [3.8, 4) is 0 Å². The molecule has 0 saturated carbocycles. The number of rotatable bonds is 3. The fourth-order valence-electron chi connectivity index (χ4n) is 0.432. The minimum Gasteiger partial charge on any atom is -0.350 e. The van der Waals surface area contributed by atoms with Gasteiger partial charge in [-0.15, -0.1) is 0 Å². The van der Waals surface area contributed by atoms with Crippen LogP contribution in [0.4, 0.5) is 0 Å². The SMILES string of the molecule is C=C(C)C(C)(OC)OC. The van der Waals surface area contributed by atoms with Gasteiger partial charge in [-0.1, -0.05) is 6.58 Å². The smallest absolute Gasteiger partial charge is 0.186 e. The topological polar surface area (TPSA) is 18.5 Å². The van der Waals surface area contributed by atoms with Crippen molar-refractivity contribution in [2.24, 2.45) is 0 Å². The van der Waals surface area contributed by atoms with E-state index in [-0.39, 0.29) is 0 Å². The van der Waals surface area contributed by atoms with Gasteiger partial charge in [-0.3, -0.25) is 0 Å². The van der Waals surface area contributed by atoms with Crippen LogP contribution in [-0.4, -0.2) is 20.0 Å². The first-order valence-corrected chi connectivity index (χ1v) is 2.83. The molecule has 2 nitrogen and oxygen atoms in total. The molecule has 0 atom stereocenters. The lowest BCUT2D eigenvalue weighted by Gasteiger charge is -2.26. The van der Waals surface area contributed by atoms with E-state index in [0.29, 0.717) is 0 Å². The van der Waals surface area contributed by atoms with Crippen LogP contribution in [0, 0.1) is 0 Å². The lowest BCUT2D eigenvalue weighted by molar-refractivity contribution is -0.164. The lowest BCUT2D eigenvalue weighted by Crippen LogP contribution is -2.30. The van der Waals surface area contributed by atoms with Crippen molar-refractivity contribution in [2.45, 2.75) is 19.6 Å². The van der Waals surface area contributed by atoms with Gasteiger partial charge in [0, 0.05) is 14.2 Å². The van der Waals surface area contributed by atoms with E-state index in [1.54, 1.807) is 14.2 Å². The molecule has 0 N–H and O–H groups in total.